The third-order valence-corrected chi connectivity index (χ3v) is 12.2. The maximum absolute atomic E-state index is 2.38. The van der Waals surface area contributed by atoms with Crippen molar-refractivity contribution >= 4 is 38.6 Å². The summed E-state index contributed by atoms with van der Waals surface area (Å²) in [5, 5.41) is 5.03. The largest absolute Gasteiger partial charge is 0.310 e. The second-order valence-electron chi connectivity index (χ2n) is 15.2. The standard InChI is InChI=1S/C57H39N/c1-3-14-40(15-4-1)42-30-36-48(37-31-42)58(55-27-13-17-44-16-7-8-22-50(44)55)49-38-32-43(33-39-49)41-28-34-47(35-29-41)57(46-20-5-2-6-21-46)53-25-10-9-23-51(53)52-24-11-18-45-19-12-26-54(57)56(45)52/h1-39H. The lowest BCUT2D eigenvalue weighted by Crippen LogP contribution is -2.33. The predicted octanol–water partition coefficient (Wildman–Crippen LogP) is 15.2. The van der Waals surface area contributed by atoms with Crippen molar-refractivity contribution in [2.75, 3.05) is 4.90 Å². The van der Waals surface area contributed by atoms with Crippen LogP contribution in [-0.2, 0) is 5.41 Å². The molecule has 0 fully saturated rings. The number of benzene rings is 10. The molecule has 0 amide bonds. The Kier molecular flexibility index (Phi) is 8.12. The van der Waals surface area contributed by atoms with E-state index in [-0.39, 0.29) is 0 Å². The fraction of sp³-hybridized carbons (Fsp3) is 0.0175. The van der Waals surface area contributed by atoms with Gasteiger partial charge in [-0.25, -0.2) is 0 Å². The molecule has 1 aliphatic rings. The highest BCUT2D eigenvalue weighted by Crippen LogP contribution is 2.55. The van der Waals surface area contributed by atoms with Gasteiger partial charge in [-0.3, -0.25) is 0 Å². The van der Waals surface area contributed by atoms with Gasteiger partial charge in [-0.15, -0.1) is 0 Å². The zero-order chi connectivity index (χ0) is 38.5. The van der Waals surface area contributed by atoms with E-state index in [1.54, 1.807) is 0 Å². The molecule has 1 unspecified atom stereocenters. The van der Waals surface area contributed by atoms with Gasteiger partial charge in [0.25, 0.3) is 0 Å². The van der Waals surface area contributed by atoms with Crippen LogP contribution in [0, 0.1) is 0 Å². The van der Waals surface area contributed by atoms with Gasteiger partial charge in [0, 0.05) is 16.8 Å². The zero-order valence-electron chi connectivity index (χ0n) is 32.0. The van der Waals surface area contributed by atoms with Crippen LogP contribution in [0.3, 0.4) is 0 Å². The molecule has 1 nitrogen and oxygen atoms in total. The fourth-order valence-corrected chi connectivity index (χ4v) is 9.52. The lowest BCUT2D eigenvalue weighted by Gasteiger charge is -2.42. The van der Waals surface area contributed by atoms with Crippen molar-refractivity contribution in [3.8, 4) is 33.4 Å². The van der Waals surface area contributed by atoms with E-state index in [4.69, 9.17) is 0 Å². The van der Waals surface area contributed by atoms with E-state index in [0.29, 0.717) is 0 Å². The molecule has 0 spiro atoms. The Labute approximate surface area is 339 Å². The average molecular weight is 738 g/mol. The van der Waals surface area contributed by atoms with Gasteiger partial charge in [-0.2, -0.15) is 0 Å². The van der Waals surface area contributed by atoms with Crippen molar-refractivity contribution in [1.82, 2.24) is 0 Å². The van der Waals surface area contributed by atoms with Crippen molar-refractivity contribution in [2.45, 2.75) is 5.41 Å². The minimum absolute atomic E-state index is 0.483. The van der Waals surface area contributed by atoms with Crippen molar-refractivity contribution in [3.63, 3.8) is 0 Å². The van der Waals surface area contributed by atoms with E-state index in [0.717, 1.165) is 17.1 Å². The first-order valence-corrected chi connectivity index (χ1v) is 20.1. The van der Waals surface area contributed by atoms with Crippen LogP contribution in [-0.4, -0.2) is 0 Å². The number of nitrogens with zero attached hydrogens (tertiary/aromatic N) is 1. The highest BCUT2D eigenvalue weighted by atomic mass is 15.1. The van der Waals surface area contributed by atoms with Gasteiger partial charge in [0.2, 0.25) is 0 Å². The van der Waals surface area contributed by atoms with Crippen molar-refractivity contribution in [3.05, 3.63) is 259 Å². The summed E-state index contributed by atoms with van der Waals surface area (Å²) >= 11 is 0. The number of fused-ring (bicyclic) bond motifs is 3. The number of anilines is 3. The first-order chi connectivity index (χ1) is 28.8. The van der Waals surface area contributed by atoms with E-state index in [1.807, 2.05) is 0 Å². The molecular weight excluding hydrogens is 699 g/mol. The minimum atomic E-state index is -0.483. The summed E-state index contributed by atoms with van der Waals surface area (Å²) in [4.78, 5) is 2.38. The quantitative estimate of drug-likeness (QED) is 0.157. The van der Waals surface area contributed by atoms with Crippen LogP contribution in [0.4, 0.5) is 17.1 Å². The number of rotatable bonds is 7. The Hall–Kier alpha value is -7.48. The summed E-state index contributed by atoms with van der Waals surface area (Å²) in [6.45, 7) is 0. The first-order valence-electron chi connectivity index (χ1n) is 20.1. The molecule has 0 saturated heterocycles. The molecule has 1 atom stereocenters. The molecule has 0 bridgehead atoms. The summed E-state index contributed by atoms with van der Waals surface area (Å²) in [5.41, 5.74) is 15.4. The normalized spacial score (nSPS) is 14.3. The molecule has 10 aromatic carbocycles. The molecular formula is C57H39N. The van der Waals surface area contributed by atoms with Crippen LogP contribution in [0.15, 0.2) is 237 Å². The molecule has 0 aromatic heterocycles. The average Bonchev–Trinajstić information content (AvgIpc) is 3.31. The molecule has 1 heteroatoms. The lowest BCUT2D eigenvalue weighted by molar-refractivity contribution is 0.750. The van der Waals surface area contributed by atoms with Gasteiger partial charge in [0.05, 0.1) is 11.1 Å². The number of hydrogen-bond donors (Lipinski definition) is 0. The maximum atomic E-state index is 2.38. The molecule has 58 heavy (non-hydrogen) atoms. The Morgan fingerprint density at radius 2 is 0.759 bits per heavy atom. The Bertz CT molecular complexity index is 3060. The van der Waals surface area contributed by atoms with Crippen LogP contribution >= 0.6 is 0 Å². The molecule has 0 radical (unpaired) electrons. The minimum Gasteiger partial charge on any atom is -0.310 e. The van der Waals surface area contributed by atoms with E-state index < -0.39 is 5.41 Å². The third kappa shape index (κ3) is 5.39. The molecule has 0 N–H and O–H groups in total. The second kappa shape index (κ2) is 13.9. The Balaban J connectivity index is 1.01. The first kappa shape index (κ1) is 33.8. The molecule has 0 saturated carbocycles. The Morgan fingerprint density at radius 3 is 1.47 bits per heavy atom. The van der Waals surface area contributed by atoms with Gasteiger partial charge in [0.1, 0.15) is 0 Å². The summed E-state index contributed by atoms with van der Waals surface area (Å²) in [7, 11) is 0. The monoisotopic (exact) mass is 737 g/mol. The van der Waals surface area contributed by atoms with Crippen molar-refractivity contribution < 1.29 is 0 Å². The molecule has 1 aliphatic carbocycles. The van der Waals surface area contributed by atoms with Gasteiger partial charge in [0.15, 0.2) is 0 Å². The van der Waals surface area contributed by atoms with Crippen molar-refractivity contribution in [1.29, 1.82) is 0 Å². The van der Waals surface area contributed by atoms with Gasteiger partial charge in [-0.1, -0.05) is 206 Å². The fourth-order valence-electron chi connectivity index (χ4n) is 9.52. The highest BCUT2D eigenvalue weighted by molar-refractivity contribution is 6.05. The zero-order valence-corrected chi connectivity index (χ0v) is 32.0. The summed E-state index contributed by atoms with van der Waals surface area (Å²) in [6, 6.07) is 86.7. The molecule has 11 rings (SSSR count). The van der Waals surface area contributed by atoms with Crippen LogP contribution in [0.2, 0.25) is 0 Å². The molecule has 0 heterocycles. The number of hydrogen-bond acceptors (Lipinski definition) is 1. The summed E-state index contributed by atoms with van der Waals surface area (Å²) in [6.07, 6.45) is 0. The summed E-state index contributed by atoms with van der Waals surface area (Å²) in [5.74, 6) is 0. The van der Waals surface area contributed by atoms with Gasteiger partial charge >= 0.3 is 0 Å². The smallest absolute Gasteiger partial charge is 0.0713 e. The van der Waals surface area contributed by atoms with Crippen LogP contribution in [0.5, 0.6) is 0 Å². The topological polar surface area (TPSA) is 3.24 Å². The predicted molar refractivity (Wildman–Crippen MR) is 244 cm³/mol. The van der Waals surface area contributed by atoms with Gasteiger partial charge < -0.3 is 4.90 Å². The van der Waals surface area contributed by atoms with E-state index in [9.17, 15) is 0 Å². The van der Waals surface area contributed by atoms with E-state index >= 15 is 0 Å². The summed E-state index contributed by atoms with van der Waals surface area (Å²) < 4.78 is 0. The molecule has 10 aromatic rings. The third-order valence-electron chi connectivity index (χ3n) is 12.2. The van der Waals surface area contributed by atoms with Gasteiger partial charge in [-0.05, 0) is 102 Å². The Morgan fingerprint density at radius 1 is 0.293 bits per heavy atom. The highest BCUT2D eigenvalue weighted by Gasteiger charge is 2.44. The van der Waals surface area contributed by atoms with E-state index in [2.05, 4.69) is 241 Å². The van der Waals surface area contributed by atoms with Crippen LogP contribution in [0.25, 0.3) is 54.9 Å². The van der Waals surface area contributed by atoms with Crippen LogP contribution < -0.4 is 4.90 Å². The molecule has 272 valence electrons. The lowest BCUT2D eigenvalue weighted by atomic mass is 9.59. The van der Waals surface area contributed by atoms with Crippen molar-refractivity contribution in [2.24, 2.45) is 0 Å². The van der Waals surface area contributed by atoms with E-state index in [1.165, 1.54) is 77.2 Å². The molecule has 0 aliphatic heterocycles. The second-order valence-corrected chi connectivity index (χ2v) is 15.2. The van der Waals surface area contributed by atoms with Crippen LogP contribution in [0.1, 0.15) is 22.3 Å². The maximum Gasteiger partial charge on any atom is 0.0713 e. The SMILES string of the molecule is c1ccc(-c2ccc(N(c3ccc(-c4ccc(C5(c6ccccc6)c6ccccc6-c6cccc7cccc5c67)cc4)cc3)c3cccc4ccccc34)cc2)cc1.